The highest BCUT2D eigenvalue weighted by molar-refractivity contribution is 8.02. The molecule has 0 saturated heterocycles. The van der Waals surface area contributed by atoms with Crippen LogP contribution in [0.25, 0.3) is 0 Å². The van der Waals surface area contributed by atoms with E-state index >= 15 is 0 Å². The van der Waals surface area contributed by atoms with E-state index in [1.807, 2.05) is 33.1 Å². The third-order valence-corrected chi connectivity index (χ3v) is 0.854. The highest BCUT2D eigenvalue weighted by Crippen LogP contribution is 1.94. The Labute approximate surface area is 97.9 Å². The van der Waals surface area contributed by atoms with Crippen molar-refractivity contribution < 1.29 is 0 Å². The zero-order valence-corrected chi connectivity index (χ0v) is 12.3. The van der Waals surface area contributed by atoms with Crippen molar-refractivity contribution in [1.82, 2.24) is 0 Å². The topological polar surface area (TPSA) is 0 Å². The van der Waals surface area contributed by atoms with Crippen LogP contribution < -0.4 is 0 Å². The van der Waals surface area contributed by atoms with Crippen molar-refractivity contribution >= 4 is 11.8 Å². The highest BCUT2D eigenvalue weighted by atomic mass is 32.2. The first-order valence-electron chi connectivity index (χ1n) is 5.55. The molecule has 0 radical (unpaired) electrons. The molecule has 0 aromatic carbocycles. The molecule has 0 amide bonds. The van der Waals surface area contributed by atoms with Crippen molar-refractivity contribution in [3.8, 4) is 0 Å². The lowest BCUT2D eigenvalue weighted by atomic mass is 10.6. The lowest BCUT2D eigenvalue weighted by Gasteiger charge is -1.73. The third kappa shape index (κ3) is 414. The van der Waals surface area contributed by atoms with E-state index in [2.05, 4.69) is 40.5 Å². The van der Waals surface area contributed by atoms with Crippen molar-refractivity contribution in [1.29, 1.82) is 0 Å². The zero-order chi connectivity index (χ0) is 12.8. The van der Waals surface area contributed by atoms with Crippen LogP contribution in [-0.4, -0.2) is 5.75 Å². The predicted octanol–water partition coefficient (Wildman–Crippen LogP) is 6.15. The molecule has 0 aromatic rings. The molecule has 0 rings (SSSR count). The fraction of sp³-hybridized carbons (Fsp3) is 0.692. The highest BCUT2D eigenvalue weighted by Gasteiger charge is 1.60. The SMILES string of the molecule is C=C.C=CSCC.CC.CC.CCC. The smallest absolute Gasteiger partial charge is 0.00547 e. The molecule has 90 valence electrons. The Morgan fingerprint density at radius 3 is 1.14 bits per heavy atom. The molecule has 0 spiro atoms. The maximum atomic E-state index is 3.51. The van der Waals surface area contributed by atoms with E-state index in [1.54, 1.807) is 11.8 Å². The van der Waals surface area contributed by atoms with Gasteiger partial charge in [0.05, 0.1) is 0 Å². The summed E-state index contributed by atoms with van der Waals surface area (Å²) < 4.78 is 0. The molecule has 0 heterocycles. The molecule has 14 heavy (non-hydrogen) atoms. The second-order valence-electron chi connectivity index (χ2n) is 1.33. The van der Waals surface area contributed by atoms with Crippen LogP contribution >= 0.6 is 11.8 Å². The van der Waals surface area contributed by atoms with Gasteiger partial charge >= 0.3 is 0 Å². The summed E-state index contributed by atoms with van der Waals surface area (Å²) >= 11 is 1.73. The molecule has 0 aromatic heterocycles. The summed E-state index contributed by atoms with van der Waals surface area (Å²) in [5.74, 6) is 1.14. The Kier molecular flexibility index (Phi) is 255. The Balaban J connectivity index is -0.0000000263. The zero-order valence-electron chi connectivity index (χ0n) is 11.5. The lowest BCUT2D eigenvalue weighted by Crippen LogP contribution is -1.51. The summed E-state index contributed by atoms with van der Waals surface area (Å²) in [6.45, 7) is 23.9. The quantitative estimate of drug-likeness (QED) is 0.503. The first kappa shape index (κ1) is 29.2. The van der Waals surface area contributed by atoms with E-state index in [-0.39, 0.29) is 0 Å². The molecule has 0 aliphatic rings. The largest absolute Gasteiger partial charge is 0.135 e. The summed E-state index contributed by atoms with van der Waals surface area (Å²) in [7, 11) is 0. The molecule has 0 fully saturated rings. The van der Waals surface area contributed by atoms with Gasteiger partial charge in [-0.25, -0.2) is 0 Å². The van der Waals surface area contributed by atoms with Crippen molar-refractivity contribution in [2.75, 3.05) is 5.75 Å². The van der Waals surface area contributed by atoms with Crippen molar-refractivity contribution in [2.45, 2.75) is 54.9 Å². The third-order valence-electron chi connectivity index (χ3n) is 0.285. The molecular formula is C13H32S. The summed E-state index contributed by atoms with van der Waals surface area (Å²) in [5, 5.41) is 1.85. The maximum absolute atomic E-state index is 3.51. The Hall–Kier alpha value is -0.170. The van der Waals surface area contributed by atoms with Gasteiger partial charge in [-0.1, -0.05) is 61.5 Å². The van der Waals surface area contributed by atoms with E-state index in [0.29, 0.717) is 0 Å². The minimum Gasteiger partial charge on any atom is -0.135 e. The molecule has 0 unspecified atom stereocenters. The normalized spacial score (nSPS) is 5.07. The number of hydrogen-bond donors (Lipinski definition) is 0. The standard InChI is InChI=1S/C4H8S.C3H8.2C2H6.C2H4/c1-3-5-4-2;1-3-2;3*1-2/h3H,1,4H2,2H3;3H2,1-2H3;2*1-2H3;1-2H2. The van der Waals surface area contributed by atoms with E-state index in [0.717, 1.165) is 5.75 Å². The van der Waals surface area contributed by atoms with Gasteiger partial charge in [0.2, 0.25) is 0 Å². The van der Waals surface area contributed by atoms with Crippen LogP contribution in [-0.2, 0) is 0 Å². The Morgan fingerprint density at radius 2 is 1.14 bits per heavy atom. The second-order valence-corrected chi connectivity index (χ2v) is 2.57. The first-order chi connectivity index (χ1) is 6.83. The van der Waals surface area contributed by atoms with Gasteiger partial charge in [-0.15, -0.1) is 24.9 Å². The van der Waals surface area contributed by atoms with Crippen LogP contribution in [0.2, 0.25) is 0 Å². The summed E-state index contributed by atoms with van der Waals surface area (Å²) in [4.78, 5) is 0. The predicted molar refractivity (Wildman–Crippen MR) is 78.2 cm³/mol. The van der Waals surface area contributed by atoms with Gasteiger partial charge in [0.1, 0.15) is 0 Å². The lowest BCUT2D eigenvalue weighted by molar-refractivity contribution is 1.09. The molecule has 1 heteroatoms. The molecule has 0 atom stereocenters. The van der Waals surface area contributed by atoms with E-state index < -0.39 is 0 Å². The van der Waals surface area contributed by atoms with Crippen LogP contribution in [0.4, 0.5) is 0 Å². The van der Waals surface area contributed by atoms with Gasteiger partial charge < -0.3 is 0 Å². The minimum atomic E-state index is 1.14. The number of hydrogen-bond acceptors (Lipinski definition) is 1. The Bertz CT molecular complexity index is 42.5. The average Bonchev–Trinajstić information content (AvgIpc) is 2.29. The van der Waals surface area contributed by atoms with Crippen molar-refractivity contribution in [3.63, 3.8) is 0 Å². The van der Waals surface area contributed by atoms with E-state index in [1.165, 1.54) is 6.42 Å². The molecule has 0 aliphatic heterocycles. The van der Waals surface area contributed by atoms with Crippen LogP contribution in [0.15, 0.2) is 25.1 Å². The summed E-state index contributed by atoms with van der Waals surface area (Å²) in [6, 6.07) is 0. The van der Waals surface area contributed by atoms with Crippen LogP contribution in [0.1, 0.15) is 54.9 Å². The summed E-state index contributed by atoms with van der Waals surface area (Å²) in [5.41, 5.74) is 0. The first-order valence-corrected chi connectivity index (χ1v) is 6.60. The van der Waals surface area contributed by atoms with Crippen LogP contribution in [0.3, 0.4) is 0 Å². The van der Waals surface area contributed by atoms with Gasteiger partial charge in [0.25, 0.3) is 0 Å². The number of thioether (sulfide) groups is 1. The van der Waals surface area contributed by atoms with Gasteiger partial charge in [-0.3, -0.25) is 0 Å². The monoisotopic (exact) mass is 220 g/mol. The molecule has 0 bridgehead atoms. The molecule has 0 aliphatic carbocycles. The summed E-state index contributed by atoms with van der Waals surface area (Å²) in [6.07, 6.45) is 1.25. The molecule has 0 saturated carbocycles. The molecular weight excluding hydrogens is 188 g/mol. The Morgan fingerprint density at radius 1 is 0.929 bits per heavy atom. The van der Waals surface area contributed by atoms with Crippen molar-refractivity contribution in [3.05, 3.63) is 25.1 Å². The van der Waals surface area contributed by atoms with Gasteiger partial charge in [0.15, 0.2) is 0 Å². The fourth-order valence-corrected chi connectivity index (χ4v) is 0.354. The molecule has 0 nitrogen and oxygen atoms in total. The minimum absolute atomic E-state index is 1.14. The van der Waals surface area contributed by atoms with E-state index in [4.69, 9.17) is 0 Å². The fourth-order valence-electron chi connectivity index (χ4n) is 0.118. The van der Waals surface area contributed by atoms with E-state index in [9.17, 15) is 0 Å². The average molecular weight is 220 g/mol. The maximum Gasteiger partial charge on any atom is -0.00547 e. The number of rotatable bonds is 2. The van der Waals surface area contributed by atoms with Gasteiger partial charge in [-0.2, -0.15) is 0 Å². The second kappa shape index (κ2) is 122. The van der Waals surface area contributed by atoms with Gasteiger partial charge in [0, 0.05) is 0 Å². The van der Waals surface area contributed by atoms with Crippen molar-refractivity contribution in [2.24, 2.45) is 0 Å². The van der Waals surface area contributed by atoms with Gasteiger partial charge in [-0.05, 0) is 11.2 Å². The molecule has 0 N–H and O–H groups in total. The van der Waals surface area contributed by atoms with Crippen LogP contribution in [0, 0.1) is 0 Å². The van der Waals surface area contributed by atoms with Crippen LogP contribution in [0.5, 0.6) is 0 Å².